The second kappa shape index (κ2) is 6.39. The van der Waals surface area contributed by atoms with Crippen molar-refractivity contribution in [2.24, 2.45) is 0 Å². The Kier molecular flexibility index (Phi) is 3.34. The highest BCUT2D eigenvalue weighted by Gasteiger charge is 2.20. The fourth-order valence-corrected chi connectivity index (χ4v) is 5.50. The Balaban J connectivity index is 1.73. The van der Waals surface area contributed by atoms with E-state index in [1.165, 1.54) is 27.2 Å². The van der Waals surface area contributed by atoms with Crippen LogP contribution in [0.2, 0.25) is 0 Å². The van der Waals surface area contributed by atoms with Gasteiger partial charge in [-0.05, 0) is 41.8 Å². The normalized spacial score (nSPS) is 12.1. The Bertz CT molecular complexity index is 2070. The summed E-state index contributed by atoms with van der Waals surface area (Å²) in [6, 6.07) is 27.7. The number of aromatic nitrogens is 5. The van der Waals surface area contributed by atoms with E-state index < -0.39 is 0 Å². The lowest BCUT2D eigenvalue weighted by Crippen LogP contribution is -1.95. The van der Waals surface area contributed by atoms with E-state index in [9.17, 15) is 0 Å². The van der Waals surface area contributed by atoms with Crippen LogP contribution < -0.4 is 0 Å². The SMILES string of the molecule is c1ccc(-n2c3ccccc3c3c4c(ccc32)c2ccncc2n2c3cnccc3nc42)cc1. The topological polar surface area (TPSA) is 48.0 Å². The lowest BCUT2D eigenvalue weighted by Gasteiger charge is -2.11. The highest BCUT2D eigenvalue weighted by molar-refractivity contribution is 6.29. The van der Waals surface area contributed by atoms with Crippen LogP contribution in [0.15, 0.2) is 104 Å². The standard InChI is InChI=1S/C29H17N5/c1-2-6-18(7-3-1)33-23-9-5-4-8-21(23)27-24(33)11-10-20-19-12-14-30-16-25(19)34-26-17-31-15-13-22(26)32-29(34)28(20)27/h1-17H. The van der Waals surface area contributed by atoms with Crippen LogP contribution >= 0.6 is 0 Å². The van der Waals surface area contributed by atoms with Crippen LogP contribution in [0, 0.1) is 0 Å². The summed E-state index contributed by atoms with van der Waals surface area (Å²) >= 11 is 0. The first-order valence-corrected chi connectivity index (χ1v) is 11.3. The van der Waals surface area contributed by atoms with E-state index in [0.717, 1.165) is 38.7 Å². The summed E-state index contributed by atoms with van der Waals surface area (Å²) < 4.78 is 4.56. The van der Waals surface area contributed by atoms with Gasteiger partial charge in [0.25, 0.3) is 0 Å². The third-order valence-corrected chi connectivity index (χ3v) is 6.86. The van der Waals surface area contributed by atoms with Crippen molar-refractivity contribution in [2.45, 2.75) is 0 Å². The number of hydrogen-bond acceptors (Lipinski definition) is 3. The number of hydrogen-bond donors (Lipinski definition) is 0. The molecule has 5 heteroatoms. The number of fused-ring (bicyclic) bond motifs is 12. The van der Waals surface area contributed by atoms with E-state index in [-0.39, 0.29) is 0 Å². The highest BCUT2D eigenvalue weighted by Crippen LogP contribution is 2.41. The fourth-order valence-electron chi connectivity index (χ4n) is 5.50. The molecule has 0 aliphatic carbocycles. The molecule has 3 aromatic carbocycles. The molecule has 8 rings (SSSR count). The zero-order valence-electron chi connectivity index (χ0n) is 18.1. The van der Waals surface area contributed by atoms with Crippen molar-refractivity contribution in [3.05, 3.63) is 104 Å². The molecule has 0 atom stereocenters. The van der Waals surface area contributed by atoms with Gasteiger partial charge in [0.1, 0.15) is 5.65 Å². The molecule has 5 nitrogen and oxygen atoms in total. The van der Waals surface area contributed by atoms with Gasteiger partial charge in [-0.25, -0.2) is 4.98 Å². The van der Waals surface area contributed by atoms with E-state index in [2.05, 4.69) is 91.7 Å². The highest BCUT2D eigenvalue weighted by atomic mass is 15.0. The van der Waals surface area contributed by atoms with Gasteiger partial charge in [-0.1, -0.05) is 42.5 Å². The van der Waals surface area contributed by atoms with Gasteiger partial charge in [-0.2, -0.15) is 0 Å². The molecule has 0 bridgehead atoms. The average molecular weight is 435 g/mol. The van der Waals surface area contributed by atoms with E-state index in [0.29, 0.717) is 0 Å². The summed E-state index contributed by atoms with van der Waals surface area (Å²) in [7, 11) is 0. The average Bonchev–Trinajstić information content (AvgIpc) is 3.45. The Morgan fingerprint density at radius 3 is 2.24 bits per heavy atom. The van der Waals surface area contributed by atoms with Gasteiger partial charge in [-0.15, -0.1) is 0 Å². The number of rotatable bonds is 1. The number of pyridine rings is 3. The third-order valence-electron chi connectivity index (χ3n) is 6.86. The number of para-hydroxylation sites is 2. The molecule has 158 valence electrons. The van der Waals surface area contributed by atoms with Crippen molar-refractivity contribution < 1.29 is 0 Å². The van der Waals surface area contributed by atoms with Crippen molar-refractivity contribution in [3.8, 4) is 5.69 Å². The molecular weight excluding hydrogens is 418 g/mol. The summed E-state index contributed by atoms with van der Waals surface area (Å²) in [6.07, 6.45) is 7.48. The minimum absolute atomic E-state index is 0.927. The Hall–Kier alpha value is -4.77. The summed E-state index contributed by atoms with van der Waals surface area (Å²) in [6.45, 7) is 0. The molecule has 8 aromatic rings. The zero-order valence-corrected chi connectivity index (χ0v) is 18.1. The van der Waals surface area contributed by atoms with Gasteiger partial charge in [0.2, 0.25) is 0 Å². The molecule has 0 unspecified atom stereocenters. The molecule has 0 spiro atoms. The zero-order chi connectivity index (χ0) is 22.2. The van der Waals surface area contributed by atoms with Gasteiger partial charge < -0.3 is 4.57 Å². The van der Waals surface area contributed by atoms with Crippen molar-refractivity contribution in [3.63, 3.8) is 0 Å². The van der Waals surface area contributed by atoms with Crippen LogP contribution in [-0.4, -0.2) is 23.9 Å². The quantitative estimate of drug-likeness (QED) is 0.270. The molecule has 0 fully saturated rings. The maximum atomic E-state index is 5.12. The van der Waals surface area contributed by atoms with Crippen molar-refractivity contribution >= 4 is 60.2 Å². The van der Waals surface area contributed by atoms with Crippen LogP contribution in [-0.2, 0) is 0 Å². The summed E-state index contributed by atoms with van der Waals surface area (Å²) in [5.74, 6) is 0. The monoisotopic (exact) mass is 435 g/mol. The first kappa shape index (κ1) is 17.7. The molecule has 5 heterocycles. The van der Waals surface area contributed by atoms with Crippen molar-refractivity contribution in [1.29, 1.82) is 0 Å². The largest absolute Gasteiger partial charge is 0.309 e. The van der Waals surface area contributed by atoms with Crippen molar-refractivity contribution in [1.82, 2.24) is 23.9 Å². The molecule has 5 aromatic heterocycles. The Morgan fingerprint density at radius 1 is 0.529 bits per heavy atom. The molecule has 0 saturated carbocycles. The first-order valence-electron chi connectivity index (χ1n) is 11.3. The molecular formula is C29H17N5. The second-order valence-corrected chi connectivity index (χ2v) is 8.60. The molecule has 0 N–H and O–H groups in total. The lowest BCUT2D eigenvalue weighted by molar-refractivity contribution is 1.18. The molecule has 0 aliphatic rings. The lowest BCUT2D eigenvalue weighted by atomic mass is 10.0. The fraction of sp³-hybridized carbons (Fsp3) is 0. The van der Waals surface area contributed by atoms with Gasteiger partial charge >= 0.3 is 0 Å². The Labute approximate surface area is 193 Å². The van der Waals surface area contributed by atoms with Crippen LogP contribution in [0.5, 0.6) is 0 Å². The van der Waals surface area contributed by atoms with E-state index >= 15 is 0 Å². The number of benzene rings is 3. The van der Waals surface area contributed by atoms with Gasteiger partial charge in [0.05, 0.1) is 40.0 Å². The Morgan fingerprint density at radius 2 is 1.32 bits per heavy atom. The van der Waals surface area contributed by atoms with Crippen LogP contribution in [0.4, 0.5) is 0 Å². The van der Waals surface area contributed by atoms with E-state index in [1.54, 1.807) is 6.20 Å². The van der Waals surface area contributed by atoms with Gasteiger partial charge in [0, 0.05) is 39.6 Å². The van der Waals surface area contributed by atoms with Crippen LogP contribution in [0.25, 0.3) is 65.8 Å². The molecule has 0 aliphatic heterocycles. The summed E-state index contributed by atoms with van der Waals surface area (Å²) in [5, 5.41) is 5.91. The first-order chi connectivity index (χ1) is 16.9. The molecule has 0 radical (unpaired) electrons. The van der Waals surface area contributed by atoms with Crippen LogP contribution in [0.1, 0.15) is 0 Å². The maximum Gasteiger partial charge on any atom is 0.147 e. The van der Waals surface area contributed by atoms with Crippen LogP contribution in [0.3, 0.4) is 0 Å². The minimum Gasteiger partial charge on any atom is -0.309 e. The summed E-state index contributed by atoms with van der Waals surface area (Å²) in [5.41, 5.74) is 7.37. The molecule has 34 heavy (non-hydrogen) atoms. The molecule has 0 amide bonds. The van der Waals surface area contributed by atoms with Gasteiger partial charge in [-0.3, -0.25) is 14.4 Å². The van der Waals surface area contributed by atoms with Crippen molar-refractivity contribution in [2.75, 3.05) is 0 Å². The smallest absolute Gasteiger partial charge is 0.147 e. The maximum absolute atomic E-state index is 5.12. The predicted octanol–water partition coefficient (Wildman–Crippen LogP) is 6.68. The molecule has 0 saturated heterocycles. The summed E-state index contributed by atoms with van der Waals surface area (Å²) in [4.78, 5) is 14.0. The van der Waals surface area contributed by atoms with E-state index in [1.807, 2.05) is 24.7 Å². The van der Waals surface area contributed by atoms with Gasteiger partial charge in [0.15, 0.2) is 0 Å². The van der Waals surface area contributed by atoms with E-state index in [4.69, 9.17) is 4.98 Å². The number of imidazole rings is 1. The third kappa shape index (κ3) is 2.16. The second-order valence-electron chi connectivity index (χ2n) is 8.60. The minimum atomic E-state index is 0.927. The number of nitrogens with zero attached hydrogens (tertiary/aromatic N) is 5. The predicted molar refractivity (Wildman–Crippen MR) is 138 cm³/mol.